The highest BCUT2D eigenvalue weighted by molar-refractivity contribution is 6.80. The van der Waals surface area contributed by atoms with Gasteiger partial charge in [0.2, 0.25) is 5.91 Å². The van der Waals surface area contributed by atoms with Crippen molar-refractivity contribution in [3.8, 4) is 0 Å². The Hall–Kier alpha value is -0.353. The molecule has 1 aliphatic heterocycles. The van der Waals surface area contributed by atoms with E-state index in [4.69, 9.17) is 5.11 Å². The summed E-state index contributed by atoms with van der Waals surface area (Å²) in [5, 5.41) is 9.28. The van der Waals surface area contributed by atoms with Gasteiger partial charge in [-0.05, 0) is 18.4 Å². The predicted molar refractivity (Wildman–Crippen MR) is 68.8 cm³/mol. The van der Waals surface area contributed by atoms with Crippen molar-refractivity contribution in [2.24, 2.45) is 0 Å². The minimum Gasteiger partial charge on any atom is -0.396 e. The molecule has 0 aromatic heterocycles. The minimum absolute atomic E-state index is 0.102. The molecule has 4 heteroatoms. The molecule has 0 spiro atoms. The molecule has 1 atom stereocenters. The zero-order valence-electron chi connectivity index (χ0n) is 11.4. The molecular weight excluding hydrogens is 218 g/mol. The van der Waals surface area contributed by atoms with Crippen molar-refractivity contribution in [3.63, 3.8) is 0 Å². The third-order valence-corrected chi connectivity index (χ3v) is 9.94. The quantitative estimate of drug-likeness (QED) is 0.610. The van der Waals surface area contributed by atoms with E-state index in [-0.39, 0.29) is 23.1 Å². The molecule has 1 amide bonds. The van der Waals surface area contributed by atoms with E-state index in [0.717, 1.165) is 0 Å². The summed E-state index contributed by atoms with van der Waals surface area (Å²) in [5.74, 6) is 0.266. The number of hydrogen-bond acceptors (Lipinski definition) is 2. The van der Waals surface area contributed by atoms with Gasteiger partial charge in [-0.3, -0.25) is 4.79 Å². The van der Waals surface area contributed by atoms with Crippen molar-refractivity contribution >= 4 is 14.1 Å². The Kier molecular flexibility index (Phi) is 3.29. The number of rotatable bonds is 3. The molecule has 94 valence electrons. The lowest BCUT2D eigenvalue weighted by atomic mass is 9.86. The fourth-order valence-corrected chi connectivity index (χ4v) is 5.37. The van der Waals surface area contributed by atoms with Crippen LogP contribution in [0.25, 0.3) is 0 Å². The van der Waals surface area contributed by atoms with Crippen LogP contribution in [0, 0.1) is 0 Å². The molecule has 1 aliphatic rings. The summed E-state index contributed by atoms with van der Waals surface area (Å²) in [7, 11) is -1.78. The molecule has 1 fully saturated rings. The van der Waals surface area contributed by atoms with E-state index in [1.165, 1.54) is 0 Å². The molecule has 16 heavy (non-hydrogen) atoms. The molecule has 1 saturated heterocycles. The van der Waals surface area contributed by atoms with Crippen LogP contribution in [-0.4, -0.2) is 36.0 Å². The molecular formula is C12H25NO2Si. The number of aliphatic hydroxyl groups is 1. The predicted octanol–water partition coefficient (Wildman–Crippen LogP) is 2.37. The molecule has 0 saturated carbocycles. The average Bonchev–Trinajstić information content (AvgIpc) is 1.99. The largest absolute Gasteiger partial charge is 0.396 e. The number of carbonyl (C=O) groups is 1. The van der Waals surface area contributed by atoms with Crippen LogP contribution in [0.4, 0.5) is 0 Å². The minimum atomic E-state index is -1.78. The average molecular weight is 243 g/mol. The first-order valence-corrected chi connectivity index (χ1v) is 8.95. The maximum atomic E-state index is 11.9. The monoisotopic (exact) mass is 243 g/mol. The Morgan fingerprint density at radius 2 is 1.94 bits per heavy atom. The van der Waals surface area contributed by atoms with Crippen LogP contribution in [0.2, 0.25) is 18.1 Å². The molecule has 0 aromatic carbocycles. The SMILES string of the molecule is CC1(CCO)CC(=O)N1[Si](C)(C)C(C)(C)C. The zero-order chi connectivity index (χ0) is 12.8. The molecule has 0 aromatic rings. The van der Waals surface area contributed by atoms with Crippen molar-refractivity contribution in [3.05, 3.63) is 0 Å². The summed E-state index contributed by atoms with van der Waals surface area (Å²) in [6.45, 7) is 13.4. The van der Waals surface area contributed by atoms with E-state index in [9.17, 15) is 4.79 Å². The van der Waals surface area contributed by atoms with Gasteiger partial charge >= 0.3 is 0 Å². The lowest BCUT2D eigenvalue weighted by Gasteiger charge is -2.61. The molecule has 1 N–H and O–H groups in total. The van der Waals surface area contributed by atoms with Gasteiger partial charge in [0.1, 0.15) is 0 Å². The highest BCUT2D eigenvalue weighted by atomic mass is 28.3. The summed E-state index contributed by atoms with van der Waals surface area (Å²) in [6.07, 6.45) is 1.30. The van der Waals surface area contributed by atoms with Gasteiger partial charge in [0.15, 0.2) is 8.24 Å². The van der Waals surface area contributed by atoms with Gasteiger partial charge in [-0.1, -0.05) is 33.9 Å². The maximum absolute atomic E-state index is 11.9. The zero-order valence-corrected chi connectivity index (χ0v) is 12.4. The normalized spacial score (nSPS) is 26.9. The summed E-state index contributed by atoms with van der Waals surface area (Å²) >= 11 is 0. The van der Waals surface area contributed by atoms with Crippen LogP contribution in [0.3, 0.4) is 0 Å². The second kappa shape index (κ2) is 3.84. The maximum Gasteiger partial charge on any atom is 0.217 e. The first-order valence-electron chi connectivity index (χ1n) is 6.00. The summed E-state index contributed by atoms with van der Waals surface area (Å²) in [6, 6.07) is 0. The van der Waals surface area contributed by atoms with E-state index in [0.29, 0.717) is 12.8 Å². The number of aliphatic hydroxyl groups excluding tert-OH is 1. The van der Waals surface area contributed by atoms with Crippen LogP contribution in [0.1, 0.15) is 40.5 Å². The molecule has 0 aliphatic carbocycles. The van der Waals surface area contributed by atoms with Crippen molar-refractivity contribution in [1.29, 1.82) is 0 Å². The molecule has 1 rings (SSSR count). The van der Waals surface area contributed by atoms with Gasteiger partial charge in [0.25, 0.3) is 0 Å². The van der Waals surface area contributed by atoms with Crippen molar-refractivity contribution in [2.75, 3.05) is 6.61 Å². The third kappa shape index (κ3) is 1.93. The second-order valence-electron chi connectivity index (χ2n) is 6.69. The van der Waals surface area contributed by atoms with Crippen LogP contribution in [0.15, 0.2) is 0 Å². The Bertz CT molecular complexity index is 296. The summed E-state index contributed by atoms with van der Waals surface area (Å²) < 4.78 is 2.11. The number of carbonyl (C=O) groups excluding carboxylic acids is 1. The Labute approximate surface area is 99.9 Å². The smallest absolute Gasteiger partial charge is 0.217 e. The van der Waals surface area contributed by atoms with Gasteiger partial charge in [-0.2, -0.15) is 0 Å². The van der Waals surface area contributed by atoms with Crippen LogP contribution >= 0.6 is 0 Å². The summed E-state index contributed by atoms with van der Waals surface area (Å²) in [5.41, 5.74) is -0.102. The standard InChI is InChI=1S/C12H25NO2Si/c1-11(2,3)16(5,6)13-10(15)9-12(13,4)7-8-14/h14H,7-9H2,1-6H3. The van der Waals surface area contributed by atoms with Gasteiger partial charge in [-0.15, -0.1) is 0 Å². The number of amides is 1. The van der Waals surface area contributed by atoms with Gasteiger partial charge in [-0.25, -0.2) is 0 Å². The highest BCUT2D eigenvalue weighted by Crippen LogP contribution is 2.47. The van der Waals surface area contributed by atoms with E-state index < -0.39 is 8.24 Å². The second-order valence-corrected chi connectivity index (χ2v) is 11.8. The summed E-state index contributed by atoms with van der Waals surface area (Å²) in [4.78, 5) is 11.9. The topological polar surface area (TPSA) is 40.5 Å². The van der Waals surface area contributed by atoms with Crippen LogP contribution < -0.4 is 0 Å². The van der Waals surface area contributed by atoms with Gasteiger partial charge in [0.05, 0.1) is 0 Å². The van der Waals surface area contributed by atoms with Crippen molar-refractivity contribution < 1.29 is 9.90 Å². The van der Waals surface area contributed by atoms with Gasteiger partial charge in [0, 0.05) is 18.6 Å². The Morgan fingerprint density at radius 3 is 2.25 bits per heavy atom. The fraction of sp³-hybridized carbons (Fsp3) is 0.917. The van der Waals surface area contributed by atoms with Crippen molar-refractivity contribution in [1.82, 2.24) is 4.57 Å². The van der Waals surface area contributed by atoms with Crippen LogP contribution in [-0.2, 0) is 4.79 Å². The number of hydrogen-bond donors (Lipinski definition) is 1. The van der Waals surface area contributed by atoms with Gasteiger partial charge < -0.3 is 9.67 Å². The van der Waals surface area contributed by atoms with Crippen LogP contribution in [0.5, 0.6) is 0 Å². The third-order valence-electron chi connectivity index (χ3n) is 4.37. The molecule has 1 unspecified atom stereocenters. The Morgan fingerprint density at radius 1 is 1.44 bits per heavy atom. The van der Waals surface area contributed by atoms with E-state index >= 15 is 0 Å². The van der Waals surface area contributed by atoms with E-state index in [2.05, 4.69) is 45.4 Å². The molecule has 1 heterocycles. The number of nitrogens with zero attached hydrogens (tertiary/aromatic N) is 1. The highest BCUT2D eigenvalue weighted by Gasteiger charge is 2.57. The van der Waals surface area contributed by atoms with E-state index in [1.807, 2.05) is 0 Å². The Balaban J connectivity index is 2.98. The first kappa shape index (κ1) is 13.7. The fourth-order valence-electron chi connectivity index (χ4n) is 2.46. The molecule has 0 bridgehead atoms. The molecule has 3 nitrogen and oxygen atoms in total. The van der Waals surface area contributed by atoms with Crippen molar-refractivity contribution in [2.45, 2.75) is 64.2 Å². The lowest BCUT2D eigenvalue weighted by molar-refractivity contribution is -0.147. The lowest BCUT2D eigenvalue weighted by Crippen LogP contribution is -2.73. The van der Waals surface area contributed by atoms with E-state index in [1.54, 1.807) is 0 Å². The number of β-lactam (4-membered cyclic amide) rings is 1. The molecule has 0 radical (unpaired) electrons. The first-order chi connectivity index (χ1) is 7.06.